The maximum absolute atomic E-state index is 13.2. The van der Waals surface area contributed by atoms with Gasteiger partial charge in [-0.2, -0.15) is 31.6 Å². The average molecular weight is 499 g/mol. The lowest BCUT2D eigenvalue weighted by Gasteiger charge is -2.16. The molecule has 1 N–H and O–H groups in total. The van der Waals surface area contributed by atoms with Gasteiger partial charge in [0.05, 0.1) is 22.8 Å². The Hall–Kier alpha value is -4.06. The van der Waals surface area contributed by atoms with Gasteiger partial charge in [0.1, 0.15) is 5.82 Å². The first-order valence-electron chi connectivity index (χ1n) is 10.8. The van der Waals surface area contributed by atoms with Crippen LogP contribution in [0.1, 0.15) is 44.9 Å². The predicted octanol–water partition coefficient (Wildman–Crippen LogP) is 7.48. The Morgan fingerprint density at radius 2 is 1.42 bits per heavy atom. The molecule has 3 aromatic carbocycles. The number of hydrogen-bond donors (Lipinski definition) is 1. The van der Waals surface area contributed by atoms with Crippen LogP contribution < -0.4 is 0 Å². The molecule has 4 rings (SSSR count). The zero-order chi connectivity index (χ0) is 26.1. The number of rotatable bonds is 5. The van der Waals surface area contributed by atoms with Crippen LogP contribution in [-0.2, 0) is 25.2 Å². The van der Waals surface area contributed by atoms with Crippen molar-refractivity contribution in [1.82, 2.24) is 9.97 Å². The second kappa shape index (κ2) is 9.53. The molecule has 3 nitrogen and oxygen atoms in total. The number of nitriles is 1. The lowest BCUT2D eigenvalue weighted by Crippen LogP contribution is -2.11. The van der Waals surface area contributed by atoms with Gasteiger partial charge in [-0.05, 0) is 65.1 Å². The van der Waals surface area contributed by atoms with Crippen LogP contribution in [0.4, 0.5) is 26.3 Å². The van der Waals surface area contributed by atoms with Gasteiger partial charge in [0.2, 0.25) is 0 Å². The Balaban J connectivity index is 1.55. The average Bonchev–Trinajstić information content (AvgIpc) is 3.25. The number of halogens is 6. The standard InChI is InChI=1S/C27H19F6N3/c1-16-8-19(10-25-35-15-23(36-25)9-17-2-4-18(14-34)5-3-17)6-7-24(16)20-11-21(26(28,29)30)13-22(12-20)27(31,32)33/h2-8,11-13,15H,9-10H2,1H3,(H,35,36). The van der Waals surface area contributed by atoms with Crippen molar-refractivity contribution in [2.75, 3.05) is 0 Å². The van der Waals surface area contributed by atoms with E-state index in [0.29, 0.717) is 29.8 Å². The third-order valence-corrected chi connectivity index (χ3v) is 5.72. The number of aryl methyl sites for hydroxylation is 1. The molecule has 0 radical (unpaired) electrons. The second-order valence-corrected chi connectivity index (χ2v) is 8.46. The van der Waals surface area contributed by atoms with E-state index in [9.17, 15) is 26.3 Å². The first-order valence-corrected chi connectivity index (χ1v) is 10.8. The molecule has 4 aromatic rings. The summed E-state index contributed by atoms with van der Waals surface area (Å²) in [7, 11) is 0. The van der Waals surface area contributed by atoms with Crippen LogP contribution in [0.2, 0.25) is 0 Å². The van der Waals surface area contributed by atoms with E-state index in [2.05, 4.69) is 16.0 Å². The Labute approximate surface area is 203 Å². The maximum atomic E-state index is 13.2. The van der Waals surface area contributed by atoms with E-state index in [-0.39, 0.29) is 17.2 Å². The molecule has 0 unspecified atom stereocenters. The molecule has 184 valence electrons. The normalized spacial score (nSPS) is 11.9. The minimum atomic E-state index is -4.90. The number of hydrogen-bond acceptors (Lipinski definition) is 2. The number of nitrogens with one attached hydrogen (secondary N) is 1. The monoisotopic (exact) mass is 499 g/mol. The SMILES string of the molecule is Cc1cc(Cc2ncc(Cc3ccc(C#N)cc3)[nH]2)ccc1-c1cc(C(F)(F)F)cc(C(F)(F)F)c1. The molecule has 0 aliphatic carbocycles. The van der Waals surface area contributed by atoms with Crippen molar-refractivity contribution in [1.29, 1.82) is 5.26 Å². The Morgan fingerprint density at radius 3 is 1.97 bits per heavy atom. The molecule has 9 heteroatoms. The number of H-pyrrole nitrogens is 1. The summed E-state index contributed by atoms with van der Waals surface area (Å²) in [6, 6.07) is 15.8. The molecule has 0 aliphatic rings. The van der Waals surface area contributed by atoms with Crippen LogP contribution >= 0.6 is 0 Å². The van der Waals surface area contributed by atoms with Gasteiger partial charge in [-0.1, -0.05) is 30.3 Å². The fraction of sp³-hybridized carbons (Fsp3) is 0.185. The molecule has 1 aromatic heterocycles. The minimum absolute atomic E-state index is 0.125. The summed E-state index contributed by atoms with van der Waals surface area (Å²) in [6.45, 7) is 1.64. The smallest absolute Gasteiger partial charge is 0.345 e. The first-order chi connectivity index (χ1) is 16.9. The quantitative estimate of drug-likeness (QED) is 0.290. The highest BCUT2D eigenvalue weighted by Gasteiger charge is 2.37. The van der Waals surface area contributed by atoms with Gasteiger partial charge in [-0.25, -0.2) is 4.98 Å². The van der Waals surface area contributed by atoms with Crippen LogP contribution in [0.15, 0.2) is 66.9 Å². The third-order valence-electron chi connectivity index (χ3n) is 5.72. The molecule has 0 bridgehead atoms. The Bertz CT molecular complexity index is 1390. The maximum Gasteiger partial charge on any atom is 0.416 e. The number of aromatic nitrogens is 2. The van der Waals surface area contributed by atoms with Gasteiger partial charge in [-0.15, -0.1) is 0 Å². The van der Waals surface area contributed by atoms with Gasteiger partial charge < -0.3 is 4.98 Å². The van der Waals surface area contributed by atoms with E-state index < -0.39 is 23.5 Å². The van der Waals surface area contributed by atoms with Gasteiger partial charge in [0.15, 0.2) is 0 Å². The third kappa shape index (κ3) is 5.77. The lowest BCUT2D eigenvalue weighted by atomic mass is 9.94. The highest BCUT2D eigenvalue weighted by molar-refractivity contribution is 5.69. The van der Waals surface area contributed by atoms with Crippen LogP contribution in [0, 0.1) is 18.3 Å². The molecule has 36 heavy (non-hydrogen) atoms. The summed E-state index contributed by atoms with van der Waals surface area (Å²) in [5.41, 5.74) is 1.24. The van der Waals surface area contributed by atoms with Crippen molar-refractivity contribution in [3.8, 4) is 17.2 Å². The number of benzene rings is 3. The van der Waals surface area contributed by atoms with E-state index in [0.717, 1.165) is 29.0 Å². The molecular formula is C27H19F6N3. The van der Waals surface area contributed by atoms with Gasteiger partial charge in [0.25, 0.3) is 0 Å². The highest BCUT2D eigenvalue weighted by atomic mass is 19.4. The van der Waals surface area contributed by atoms with Crippen molar-refractivity contribution in [3.63, 3.8) is 0 Å². The van der Waals surface area contributed by atoms with Crippen LogP contribution in [0.25, 0.3) is 11.1 Å². The van der Waals surface area contributed by atoms with Crippen molar-refractivity contribution in [2.45, 2.75) is 32.1 Å². The number of imidazole rings is 1. The zero-order valence-corrected chi connectivity index (χ0v) is 18.9. The van der Waals surface area contributed by atoms with Gasteiger partial charge in [0, 0.05) is 24.7 Å². The summed E-state index contributed by atoms with van der Waals surface area (Å²) < 4.78 is 79.5. The fourth-order valence-corrected chi connectivity index (χ4v) is 3.97. The minimum Gasteiger partial charge on any atom is -0.345 e. The summed E-state index contributed by atoms with van der Waals surface area (Å²) >= 11 is 0. The second-order valence-electron chi connectivity index (χ2n) is 8.46. The molecule has 0 atom stereocenters. The molecule has 0 fully saturated rings. The van der Waals surface area contributed by atoms with Crippen molar-refractivity contribution < 1.29 is 26.3 Å². The van der Waals surface area contributed by atoms with Gasteiger partial charge in [-0.3, -0.25) is 0 Å². The van der Waals surface area contributed by atoms with E-state index >= 15 is 0 Å². The molecule has 1 heterocycles. The van der Waals surface area contributed by atoms with Crippen LogP contribution in [0.3, 0.4) is 0 Å². The summed E-state index contributed by atoms with van der Waals surface area (Å²) in [6.07, 6.45) is -7.11. The van der Waals surface area contributed by atoms with E-state index in [1.807, 2.05) is 12.1 Å². The molecule has 0 aliphatic heterocycles. The molecule has 0 saturated carbocycles. The predicted molar refractivity (Wildman–Crippen MR) is 122 cm³/mol. The number of alkyl halides is 6. The lowest BCUT2D eigenvalue weighted by molar-refractivity contribution is -0.143. The highest BCUT2D eigenvalue weighted by Crippen LogP contribution is 2.39. The van der Waals surface area contributed by atoms with E-state index in [1.54, 1.807) is 37.4 Å². The fourth-order valence-electron chi connectivity index (χ4n) is 3.97. The number of aromatic amines is 1. The van der Waals surface area contributed by atoms with Crippen molar-refractivity contribution in [2.24, 2.45) is 0 Å². The topological polar surface area (TPSA) is 52.5 Å². The Kier molecular flexibility index (Phi) is 6.63. The first kappa shape index (κ1) is 25.0. The summed E-state index contributed by atoms with van der Waals surface area (Å²) in [4.78, 5) is 7.60. The van der Waals surface area contributed by atoms with Crippen LogP contribution in [-0.4, -0.2) is 9.97 Å². The van der Waals surface area contributed by atoms with Gasteiger partial charge >= 0.3 is 12.4 Å². The van der Waals surface area contributed by atoms with Crippen molar-refractivity contribution >= 4 is 0 Å². The summed E-state index contributed by atoms with van der Waals surface area (Å²) in [5, 5.41) is 8.90. The summed E-state index contributed by atoms with van der Waals surface area (Å²) in [5.74, 6) is 0.671. The molecule has 0 saturated heterocycles. The molecule has 0 spiro atoms. The molecular weight excluding hydrogens is 480 g/mol. The van der Waals surface area contributed by atoms with Crippen molar-refractivity contribution in [3.05, 3.63) is 112 Å². The Morgan fingerprint density at radius 1 is 0.806 bits per heavy atom. The van der Waals surface area contributed by atoms with Crippen LogP contribution in [0.5, 0.6) is 0 Å². The van der Waals surface area contributed by atoms with E-state index in [1.165, 1.54) is 6.07 Å². The largest absolute Gasteiger partial charge is 0.416 e. The zero-order valence-electron chi connectivity index (χ0n) is 18.9. The molecule has 0 amide bonds. The van der Waals surface area contributed by atoms with E-state index in [4.69, 9.17) is 5.26 Å². The number of nitrogens with zero attached hydrogens (tertiary/aromatic N) is 2.